The summed E-state index contributed by atoms with van der Waals surface area (Å²) in [5, 5.41) is 8.75. The average Bonchev–Trinajstić information content (AvgIpc) is 2.53. The smallest absolute Gasteiger partial charge is 0.341 e. The maximum Gasteiger partial charge on any atom is 0.341 e. The van der Waals surface area contributed by atoms with Crippen LogP contribution in [0.2, 0.25) is 5.02 Å². The number of rotatable bonds is 8. The molecule has 0 atom stereocenters. The van der Waals surface area contributed by atoms with Gasteiger partial charge in [0.2, 0.25) is 10.0 Å². The number of halogens is 1. The lowest BCUT2D eigenvalue weighted by Gasteiger charge is -2.09. The highest BCUT2D eigenvalue weighted by molar-refractivity contribution is 7.89. The second-order valence-electron chi connectivity index (χ2n) is 4.91. The molecule has 0 aromatic heterocycles. The van der Waals surface area contributed by atoms with Crippen LogP contribution in [0.1, 0.15) is 5.56 Å². The number of sulfonamides is 1. The van der Waals surface area contributed by atoms with E-state index >= 15 is 0 Å². The van der Waals surface area contributed by atoms with E-state index in [4.69, 9.17) is 21.4 Å². The Hall–Kier alpha value is -2.09. The molecule has 128 valence electrons. The molecule has 0 aliphatic heterocycles. The zero-order chi connectivity index (χ0) is 17.6. The van der Waals surface area contributed by atoms with Crippen molar-refractivity contribution in [3.63, 3.8) is 0 Å². The minimum absolute atomic E-state index is 0.0326. The zero-order valence-corrected chi connectivity index (χ0v) is 14.2. The molecule has 2 rings (SSSR count). The molecule has 0 aliphatic carbocycles. The van der Waals surface area contributed by atoms with Crippen LogP contribution in [0.4, 0.5) is 0 Å². The SMILES string of the molecule is O=C(O)COc1cccc(CCNS(=O)(=O)c2ccccc2Cl)c1. The third kappa shape index (κ3) is 5.23. The number of aliphatic carboxylic acids is 1. The fourth-order valence-electron chi connectivity index (χ4n) is 2.01. The van der Waals surface area contributed by atoms with Gasteiger partial charge >= 0.3 is 5.97 Å². The molecule has 0 spiro atoms. The number of benzene rings is 2. The molecule has 8 heteroatoms. The van der Waals surface area contributed by atoms with E-state index in [1.165, 1.54) is 12.1 Å². The van der Waals surface area contributed by atoms with E-state index in [2.05, 4.69) is 4.72 Å². The van der Waals surface area contributed by atoms with Gasteiger partial charge in [-0.15, -0.1) is 0 Å². The maximum absolute atomic E-state index is 12.2. The molecule has 0 bridgehead atoms. The van der Waals surface area contributed by atoms with Crippen LogP contribution in [0.25, 0.3) is 0 Å². The fraction of sp³-hybridized carbons (Fsp3) is 0.188. The van der Waals surface area contributed by atoms with Crippen molar-refractivity contribution in [3.8, 4) is 5.75 Å². The molecule has 0 unspecified atom stereocenters. The third-order valence-electron chi connectivity index (χ3n) is 3.09. The molecule has 0 amide bonds. The Morgan fingerprint density at radius 3 is 2.62 bits per heavy atom. The molecule has 2 aromatic rings. The van der Waals surface area contributed by atoms with Crippen molar-refractivity contribution in [1.82, 2.24) is 4.72 Å². The van der Waals surface area contributed by atoms with Crippen molar-refractivity contribution in [2.24, 2.45) is 0 Å². The van der Waals surface area contributed by atoms with E-state index < -0.39 is 22.6 Å². The van der Waals surface area contributed by atoms with Gasteiger partial charge in [-0.1, -0.05) is 35.9 Å². The summed E-state index contributed by atoms with van der Waals surface area (Å²) in [6, 6.07) is 13.0. The average molecular weight is 370 g/mol. The van der Waals surface area contributed by atoms with Crippen molar-refractivity contribution in [1.29, 1.82) is 0 Å². The second kappa shape index (κ2) is 8.14. The Bertz CT molecular complexity index is 823. The summed E-state index contributed by atoms with van der Waals surface area (Å²) >= 11 is 5.90. The largest absolute Gasteiger partial charge is 0.482 e. The minimum Gasteiger partial charge on any atom is -0.482 e. The number of hydrogen-bond acceptors (Lipinski definition) is 4. The molecular formula is C16H16ClNO5S. The maximum atomic E-state index is 12.2. The first kappa shape index (κ1) is 18.3. The summed E-state index contributed by atoms with van der Waals surface area (Å²) in [5.41, 5.74) is 0.819. The monoisotopic (exact) mass is 369 g/mol. The van der Waals surface area contributed by atoms with Gasteiger partial charge < -0.3 is 9.84 Å². The quantitative estimate of drug-likeness (QED) is 0.745. The van der Waals surface area contributed by atoms with Gasteiger partial charge in [-0.2, -0.15) is 0 Å². The van der Waals surface area contributed by atoms with E-state index in [1.807, 2.05) is 0 Å². The van der Waals surface area contributed by atoms with E-state index in [-0.39, 0.29) is 16.5 Å². The van der Waals surface area contributed by atoms with Crippen LogP contribution in [0.5, 0.6) is 5.75 Å². The summed E-state index contributed by atoms with van der Waals surface area (Å²) in [6.45, 7) is -0.251. The Morgan fingerprint density at radius 1 is 1.17 bits per heavy atom. The number of ether oxygens (including phenoxy) is 1. The van der Waals surface area contributed by atoms with Crippen LogP contribution in [-0.2, 0) is 21.2 Å². The van der Waals surface area contributed by atoms with Crippen LogP contribution in [0.15, 0.2) is 53.4 Å². The van der Waals surface area contributed by atoms with Gasteiger partial charge in [0.05, 0.1) is 5.02 Å². The van der Waals surface area contributed by atoms with Gasteiger partial charge in [-0.25, -0.2) is 17.9 Å². The number of carboxylic acid groups (broad SMARTS) is 1. The first-order valence-corrected chi connectivity index (χ1v) is 8.92. The van der Waals surface area contributed by atoms with Crippen molar-refractivity contribution >= 4 is 27.6 Å². The number of hydrogen-bond donors (Lipinski definition) is 2. The van der Waals surface area contributed by atoms with Crippen molar-refractivity contribution in [2.45, 2.75) is 11.3 Å². The molecule has 0 fully saturated rings. The second-order valence-corrected chi connectivity index (χ2v) is 7.05. The van der Waals surface area contributed by atoms with Gasteiger partial charge in [0.1, 0.15) is 10.6 Å². The van der Waals surface area contributed by atoms with Crippen molar-refractivity contribution in [2.75, 3.05) is 13.2 Å². The Kier molecular flexibility index (Phi) is 6.19. The fourth-order valence-corrected chi connectivity index (χ4v) is 3.56. The molecule has 0 aliphatic rings. The number of nitrogens with one attached hydrogen (secondary N) is 1. The van der Waals surface area contributed by atoms with Gasteiger partial charge in [0.25, 0.3) is 0 Å². The molecule has 0 saturated carbocycles. The van der Waals surface area contributed by atoms with Crippen molar-refractivity contribution in [3.05, 3.63) is 59.1 Å². The van der Waals surface area contributed by atoms with E-state index in [0.29, 0.717) is 12.2 Å². The Balaban J connectivity index is 1.95. The first-order valence-electron chi connectivity index (χ1n) is 7.06. The van der Waals surface area contributed by atoms with E-state index in [9.17, 15) is 13.2 Å². The lowest BCUT2D eigenvalue weighted by molar-refractivity contribution is -0.139. The lowest BCUT2D eigenvalue weighted by atomic mass is 10.1. The predicted molar refractivity (Wildman–Crippen MR) is 89.9 cm³/mol. The highest BCUT2D eigenvalue weighted by Crippen LogP contribution is 2.20. The molecule has 0 heterocycles. The molecular weight excluding hydrogens is 354 g/mol. The van der Waals surface area contributed by atoms with Gasteiger partial charge in [-0.3, -0.25) is 0 Å². The summed E-state index contributed by atoms with van der Waals surface area (Å²) in [4.78, 5) is 10.5. The highest BCUT2D eigenvalue weighted by atomic mass is 35.5. The van der Waals surface area contributed by atoms with Gasteiger partial charge in [0, 0.05) is 6.54 Å². The lowest BCUT2D eigenvalue weighted by Crippen LogP contribution is -2.26. The highest BCUT2D eigenvalue weighted by Gasteiger charge is 2.16. The number of carbonyl (C=O) groups is 1. The molecule has 2 aromatic carbocycles. The van der Waals surface area contributed by atoms with Crippen LogP contribution in [0.3, 0.4) is 0 Å². The number of carboxylic acids is 1. The zero-order valence-electron chi connectivity index (χ0n) is 12.6. The Labute approximate surface area is 145 Å². The predicted octanol–water partition coefficient (Wildman–Crippen LogP) is 2.32. The summed E-state index contributed by atoms with van der Waals surface area (Å²) in [5.74, 6) is -0.642. The summed E-state index contributed by atoms with van der Waals surface area (Å²) in [6.07, 6.45) is 0.425. The topological polar surface area (TPSA) is 92.7 Å². The summed E-state index contributed by atoms with van der Waals surface area (Å²) < 4.78 is 32.0. The molecule has 2 N–H and O–H groups in total. The molecule has 0 saturated heterocycles. The van der Waals surface area contributed by atoms with Crippen LogP contribution < -0.4 is 9.46 Å². The Morgan fingerprint density at radius 2 is 1.92 bits per heavy atom. The van der Waals surface area contributed by atoms with Gasteiger partial charge in [0.15, 0.2) is 6.61 Å². The standard InChI is InChI=1S/C16H16ClNO5S/c17-14-6-1-2-7-15(14)24(21,22)18-9-8-12-4-3-5-13(10-12)23-11-16(19)20/h1-7,10,18H,8-9,11H2,(H,19,20). The third-order valence-corrected chi connectivity index (χ3v) is 5.05. The van der Waals surface area contributed by atoms with Crippen LogP contribution >= 0.6 is 11.6 Å². The first-order chi connectivity index (χ1) is 11.4. The van der Waals surface area contributed by atoms with E-state index in [0.717, 1.165) is 5.56 Å². The minimum atomic E-state index is -3.68. The van der Waals surface area contributed by atoms with Crippen molar-refractivity contribution < 1.29 is 23.1 Å². The van der Waals surface area contributed by atoms with Gasteiger partial charge in [-0.05, 0) is 36.2 Å². The van der Waals surface area contributed by atoms with Crippen LogP contribution in [-0.4, -0.2) is 32.6 Å². The molecule has 24 heavy (non-hydrogen) atoms. The van der Waals surface area contributed by atoms with E-state index in [1.54, 1.807) is 36.4 Å². The summed E-state index contributed by atoms with van der Waals surface area (Å²) in [7, 11) is -3.68. The normalized spacial score (nSPS) is 11.2. The van der Waals surface area contributed by atoms with Crippen LogP contribution in [0, 0.1) is 0 Å². The molecule has 0 radical (unpaired) electrons. The molecule has 6 nitrogen and oxygen atoms in total.